The zero-order chi connectivity index (χ0) is 15.2. The number of carboxylic acids is 1. The van der Waals surface area contributed by atoms with Crippen LogP contribution in [0.3, 0.4) is 0 Å². The van der Waals surface area contributed by atoms with E-state index in [4.69, 9.17) is 27.2 Å². The summed E-state index contributed by atoms with van der Waals surface area (Å²) >= 11 is 5.82. The molecule has 110 valence electrons. The third-order valence-electron chi connectivity index (χ3n) is 3.02. The molecule has 0 aliphatic heterocycles. The van der Waals surface area contributed by atoms with Gasteiger partial charge in [0.1, 0.15) is 12.4 Å². The normalized spacial score (nSPS) is 11.9. The molecule has 2 aromatic rings. The van der Waals surface area contributed by atoms with Gasteiger partial charge in [-0.3, -0.25) is 4.79 Å². The lowest BCUT2D eigenvalue weighted by atomic mass is 10.0. The van der Waals surface area contributed by atoms with Crippen LogP contribution in [0, 0.1) is 0 Å². The van der Waals surface area contributed by atoms with Gasteiger partial charge in [-0.2, -0.15) is 0 Å². The summed E-state index contributed by atoms with van der Waals surface area (Å²) in [5, 5.41) is 9.41. The van der Waals surface area contributed by atoms with E-state index >= 15 is 0 Å². The number of carboxylic acid groups (broad SMARTS) is 1. The predicted molar refractivity (Wildman–Crippen MR) is 81.4 cm³/mol. The van der Waals surface area contributed by atoms with E-state index in [9.17, 15) is 4.79 Å². The van der Waals surface area contributed by atoms with E-state index in [2.05, 4.69) is 0 Å². The first-order chi connectivity index (χ1) is 10.0. The molecule has 4 nitrogen and oxygen atoms in total. The molecule has 0 aliphatic rings. The van der Waals surface area contributed by atoms with E-state index in [1.165, 1.54) is 0 Å². The Bertz CT molecular complexity index is 596. The van der Waals surface area contributed by atoms with Gasteiger partial charge in [-0.05, 0) is 35.4 Å². The number of halogens is 1. The SMILES string of the molecule is NC(CC(=O)O)c1ccc(OCc2ccc(Cl)cc2)cc1. The maximum Gasteiger partial charge on any atom is 0.305 e. The lowest BCUT2D eigenvalue weighted by Gasteiger charge is -2.11. The molecule has 0 bridgehead atoms. The number of nitrogens with two attached hydrogens (primary N) is 1. The van der Waals surface area contributed by atoms with E-state index in [1.807, 2.05) is 24.3 Å². The van der Waals surface area contributed by atoms with E-state index in [0.29, 0.717) is 17.4 Å². The molecule has 5 heteroatoms. The fourth-order valence-corrected chi connectivity index (χ4v) is 1.99. The van der Waals surface area contributed by atoms with Crippen molar-refractivity contribution in [3.8, 4) is 5.75 Å². The third-order valence-corrected chi connectivity index (χ3v) is 3.27. The largest absolute Gasteiger partial charge is 0.489 e. The van der Waals surface area contributed by atoms with Crippen LogP contribution in [0.1, 0.15) is 23.6 Å². The van der Waals surface area contributed by atoms with Crippen molar-refractivity contribution in [1.82, 2.24) is 0 Å². The van der Waals surface area contributed by atoms with Gasteiger partial charge in [-0.25, -0.2) is 0 Å². The van der Waals surface area contributed by atoms with Gasteiger partial charge in [-0.1, -0.05) is 35.9 Å². The number of aliphatic carboxylic acids is 1. The van der Waals surface area contributed by atoms with Crippen molar-refractivity contribution in [3.63, 3.8) is 0 Å². The summed E-state index contributed by atoms with van der Waals surface area (Å²) in [6.45, 7) is 0.442. The van der Waals surface area contributed by atoms with Gasteiger partial charge >= 0.3 is 5.97 Å². The Kier molecular flexibility index (Phi) is 5.20. The molecule has 3 N–H and O–H groups in total. The molecule has 0 aliphatic carbocycles. The lowest BCUT2D eigenvalue weighted by molar-refractivity contribution is -0.137. The second-order valence-corrected chi connectivity index (χ2v) is 5.12. The molecule has 0 fully saturated rings. The van der Waals surface area contributed by atoms with Gasteiger partial charge in [0.15, 0.2) is 0 Å². The molecule has 0 spiro atoms. The quantitative estimate of drug-likeness (QED) is 0.858. The average molecular weight is 306 g/mol. The van der Waals surface area contributed by atoms with Gasteiger partial charge in [0.05, 0.1) is 6.42 Å². The molecule has 0 amide bonds. The minimum absolute atomic E-state index is 0.0923. The number of rotatable bonds is 6. The maximum atomic E-state index is 10.6. The highest BCUT2D eigenvalue weighted by atomic mass is 35.5. The summed E-state index contributed by atoms with van der Waals surface area (Å²) in [6.07, 6.45) is -0.0923. The van der Waals surface area contributed by atoms with Crippen LogP contribution < -0.4 is 10.5 Å². The molecular formula is C16H16ClNO3. The van der Waals surface area contributed by atoms with E-state index < -0.39 is 12.0 Å². The molecule has 0 heterocycles. The molecule has 2 rings (SSSR count). The van der Waals surface area contributed by atoms with Crippen LogP contribution in [0.2, 0.25) is 5.02 Å². The summed E-state index contributed by atoms with van der Waals surface area (Å²) in [7, 11) is 0. The van der Waals surface area contributed by atoms with Gasteiger partial charge in [-0.15, -0.1) is 0 Å². The molecule has 2 aromatic carbocycles. The first kappa shape index (κ1) is 15.4. The average Bonchev–Trinajstić information content (AvgIpc) is 2.46. The molecular weight excluding hydrogens is 290 g/mol. The van der Waals surface area contributed by atoms with Crippen molar-refractivity contribution in [2.45, 2.75) is 19.1 Å². The fourth-order valence-electron chi connectivity index (χ4n) is 1.86. The van der Waals surface area contributed by atoms with Crippen LogP contribution in [0.4, 0.5) is 0 Å². The van der Waals surface area contributed by atoms with E-state index in [1.54, 1.807) is 24.3 Å². The zero-order valence-electron chi connectivity index (χ0n) is 11.3. The Morgan fingerprint density at radius 3 is 2.33 bits per heavy atom. The molecule has 0 saturated carbocycles. The Labute approximate surface area is 128 Å². The molecule has 21 heavy (non-hydrogen) atoms. The van der Waals surface area contributed by atoms with Crippen LogP contribution >= 0.6 is 11.6 Å². The minimum atomic E-state index is -0.912. The topological polar surface area (TPSA) is 72.6 Å². The Morgan fingerprint density at radius 1 is 1.14 bits per heavy atom. The number of benzene rings is 2. The van der Waals surface area contributed by atoms with Crippen LogP contribution in [-0.4, -0.2) is 11.1 Å². The summed E-state index contributed by atoms with van der Waals surface area (Å²) < 4.78 is 5.65. The van der Waals surface area contributed by atoms with Gasteiger partial charge in [0.2, 0.25) is 0 Å². The highest BCUT2D eigenvalue weighted by molar-refractivity contribution is 6.30. The van der Waals surface area contributed by atoms with E-state index in [-0.39, 0.29) is 6.42 Å². The molecule has 0 saturated heterocycles. The van der Waals surface area contributed by atoms with Crippen molar-refractivity contribution in [1.29, 1.82) is 0 Å². The molecule has 0 aromatic heterocycles. The Morgan fingerprint density at radius 2 is 1.76 bits per heavy atom. The maximum absolute atomic E-state index is 10.6. The minimum Gasteiger partial charge on any atom is -0.489 e. The molecule has 1 unspecified atom stereocenters. The summed E-state index contributed by atoms with van der Waals surface area (Å²) in [5.41, 5.74) is 7.58. The van der Waals surface area contributed by atoms with Gasteiger partial charge < -0.3 is 15.6 Å². The summed E-state index contributed by atoms with van der Waals surface area (Å²) in [5.74, 6) is -0.207. The highest BCUT2D eigenvalue weighted by Gasteiger charge is 2.10. The highest BCUT2D eigenvalue weighted by Crippen LogP contribution is 2.19. The predicted octanol–water partition coefficient (Wildman–Crippen LogP) is 3.39. The third kappa shape index (κ3) is 4.77. The monoisotopic (exact) mass is 305 g/mol. The second-order valence-electron chi connectivity index (χ2n) is 4.69. The van der Waals surface area contributed by atoms with Gasteiger partial charge in [0, 0.05) is 11.1 Å². The van der Waals surface area contributed by atoms with Crippen LogP contribution in [-0.2, 0) is 11.4 Å². The number of ether oxygens (including phenoxy) is 1. The van der Waals surface area contributed by atoms with Gasteiger partial charge in [0.25, 0.3) is 0 Å². The first-order valence-electron chi connectivity index (χ1n) is 6.49. The Balaban J connectivity index is 1.93. The van der Waals surface area contributed by atoms with Crippen molar-refractivity contribution in [2.24, 2.45) is 5.73 Å². The Hall–Kier alpha value is -2.04. The first-order valence-corrected chi connectivity index (χ1v) is 6.87. The second kappa shape index (κ2) is 7.11. The number of hydrogen-bond acceptors (Lipinski definition) is 3. The van der Waals surface area contributed by atoms with Crippen molar-refractivity contribution >= 4 is 17.6 Å². The standard InChI is InChI=1S/C16H16ClNO3/c17-13-5-1-11(2-6-13)10-21-14-7-3-12(4-8-14)15(18)9-16(19)20/h1-8,15H,9-10,18H2,(H,19,20). The number of carbonyl (C=O) groups is 1. The molecule has 1 atom stereocenters. The van der Waals surface area contributed by atoms with Crippen molar-refractivity contribution in [2.75, 3.05) is 0 Å². The zero-order valence-corrected chi connectivity index (χ0v) is 12.1. The van der Waals surface area contributed by atoms with Crippen molar-refractivity contribution < 1.29 is 14.6 Å². The van der Waals surface area contributed by atoms with Crippen LogP contribution in [0.5, 0.6) is 5.75 Å². The van der Waals surface area contributed by atoms with Crippen LogP contribution in [0.15, 0.2) is 48.5 Å². The smallest absolute Gasteiger partial charge is 0.305 e. The van der Waals surface area contributed by atoms with Crippen molar-refractivity contribution in [3.05, 3.63) is 64.7 Å². The van der Waals surface area contributed by atoms with E-state index in [0.717, 1.165) is 11.1 Å². The fraction of sp³-hybridized carbons (Fsp3) is 0.188. The summed E-state index contributed by atoms with van der Waals surface area (Å²) in [4.78, 5) is 10.6. The van der Waals surface area contributed by atoms with Crippen LogP contribution in [0.25, 0.3) is 0 Å². The molecule has 0 radical (unpaired) electrons. The summed E-state index contributed by atoms with van der Waals surface area (Å²) in [6, 6.07) is 14.1. The lowest BCUT2D eigenvalue weighted by Crippen LogP contribution is -2.14. The number of hydrogen-bond donors (Lipinski definition) is 2.